The molecule has 2 heterocycles. The average molecular weight is 345 g/mol. The maximum absolute atomic E-state index is 12.1. The van der Waals surface area contributed by atoms with Gasteiger partial charge in [-0.15, -0.1) is 0 Å². The van der Waals surface area contributed by atoms with Crippen molar-refractivity contribution in [2.45, 2.75) is 38.6 Å². The predicted molar refractivity (Wildman–Crippen MR) is 91.0 cm³/mol. The number of piperazine rings is 1. The van der Waals surface area contributed by atoms with E-state index in [0.717, 1.165) is 39.0 Å². The summed E-state index contributed by atoms with van der Waals surface area (Å²) in [6.07, 6.45) is 4.43. The van der Waals surface area contributed by atoms with Crippen LogP contribution in [0.1, 0.15) is 32.6 Å². The Morgan fingerprint density at radius 3 is 2.12 bits per heavy atom. The molecule has 0 radical (unpaired) electrons. The van der Waals surface area contributed by atoms with E-state index in [9.17, 15) is 4.79 Å². The van der Waals surface area contributed by atoms with Gasteiger partial charge >= 0.3 is 0 Å². The zero-order valence-corrected chi connectivity index (χ0v) is 14.8. The third kappa shape index (κ3) is 9.46. The van der Waals surface area contributed by atoms with Gasteiger partial charge in [0.2, 0.25) is 5.91 Å². The average Bonchev–Trinajstić information content (AvgIpc) is 3.05. The Hall–Kier alpha value is -1.67. The largest absolute Gasteiger partial charge is 0.483 e. The van der Waals surface area contributed by atoms with Gasteiger partial charge in [-0.25, -0.2) is 0 Å². The van der Waals surface area contributed by atoms with Gasteiger partial charge in [-0.1, -0.05) is 0 Å². The van der Waals surface area contributed by atoms with E-state index in [1.54, 1.807) is 0 Å². The summed E-state index contributed by atoms with van der Waals surface area (Å²) in [7, 11) is 2.14. The fourth-order valence-electron chi connectivity index (χ4n) is 2.89. The summed E-state index contributed by atoms with van der Waals surface area (Å²) in [6.45, 7) is 8.10. The van der Waals surface area contributed by atoms with Crippen molar-refractivity contribution in [3.63, 3.8) is 0 Å². The molecule has 1 unspecified atom stereocenters. The molecule has 140 valence electrons. The van der Waals surface area contributed by atoms with Crippen LogP contribution in [0, 0.1) is 0 Å². The van der Waals surface area contributed by atoms with Gasteiger partial charge in [0.15, 0.2) is 0 Å². The molecule has 24 heavy (non-hydrogen) atoms. The quantitative estimate of drug-likeness (QED) is 0.712. The van der Waals surface area contributed by atoms with E-state index in [1.807, 2.05) is 0 Å². The van der Waals surface area contributed by atoms with Gasteiger partial charge in [-0.2, -0.15) is 0 Å². The number of carboxylic acid groups (broad SMARTS) is 2. The van der Waals surface area contributed by atoms with Crippen molar-refractivity contribution in [3.05, 3.63) is 0 Å². The van der Waals surface area contributed by atoms with Crippen molar-refractivity contribution in [1.82, 2.24) is 14.7 Å². The van der Waals surface area contributed by atoms with E-state index in [0.29, 0.717) is 11.9 Å². The molecule has 2 fully saturated rings. The van der Waals surface area contributed by atoms with Crippen molar-refractivity contribution in [2.75, 3.05) is 46.3 Å². The van der Waals surface area contributed by atoms with Crippen molar-refractivity contribution in [2.24, 2.45) is 0 Å². The molecular formula is C16H31N3O5. The molecule has 2 aliphatic heterocycles. The van der Waals surface area contributed by atoms with Crippen LogP contribution in [0.3, 0.4) is 0 Å². The third-order valence-electron chi connectivity index (χ3n) is 4.38. The number of carbonyl (C=O) groups is 3. The topological polar surface area (TPSA) is 101 Å². The first kappa shape index (κ1) is 22.3. The Morgan fingerprint density at radius 2 is 1.62 bits per heavy atom. The lowest BCUT2D eigenvalue weighted by Crippen LogP contribution is -2.52. The molecule has 0 aromatic carbocycles. The van der Waals surface area contributed by atoms with Crippen molar-refractivity contribution in [3.8, 4) is 0 Å². The summed E-state index contributed by atoms with van der Waals surface area (Å²) in [4.78, 5) is 35.7. The molecule has 2 N–H and O–H groups in total. The summed E-state index contributed by atoms with van der Waals surface area (Å²) in [5.41, 5.74) is 0. The lowest BCUT2D eigenvalue weighted by atomic mass is 10.2. The summed E-state index contributed by atoms with van der Waals surface area (Å²) in [5.74, 6) is 0.356. The number of amides is 1. The van der Waals surface area contributed by atoms with E-state index >= 15 is 0 Å². The number of hydrogen-bond donors (Lipinski definition) is 2. The number of carbonyl (C=O) groups excluding carboxylic acids is 1. The van der Waals surface area contributed by atoms with Gasteiger partial charge in [0, 0.05) is 32.1 Å². The molecule has 8 nitrogen and oxygen atoms in total. The zero-order valence-electron chi connectivity index (χ0n) is 14.8. The number of nitrogens with zero attached hydrogens (tertiary/aromatic N) is 3. The van der Waals surface area contributed by atoms with Crippen molar-refractivity contribution < 1.29 is 24.6 Å². The molecule has 2 saturated heterocycles. The van der Waals surface area contributed by atoms with E-state index < -0.39 is 0 Å². The smallest absolute Gasteiger partial charge is 0.290 e. The standard InChI is InChI=1S/C14H27N3O.2CH2O2/c1-13-12-17(11-10-15(13)2)14(18)6-5-9-16-7-3-4-8-16;2*2-1-3/h13H,3-12H2,1-2H3;2*1H,(H,2,3). The Morgan fingerprint density at radius 1 is 1.08 bits per heavy atom. The molecule has 0 aromatic heterocycles. The molecule has 0 spiro atoms. The first-order chi connectivity index (χ1) is 11.5. The van der Waals surface area contributed by atoms with Crippen LogP contribution in [-0.2, 0) is 14.4 Å². The van der Waals surface area contributed by atoms with Gasteiger partial charge in [0.1, 0.15) is 0 Å². The highest BCUT2D eigenvalue weighted by atomic mass is 16.3. The van der Waals surface area contributed by atoms with Crippen LogP contribution in [0.2, 0.25) is 0 Å². The second kappa shape index (κ2) is 13.7. The van der Waals surface area contributed by atoms with Crippen LogP contribution in [-0.4, -0.2) is 96.1 Å². The number of likely N-dealkylation sites (tertiary alicyclic amines) is 1. The molecule has 0 bridgehead atoms. The lowest BCUT2D eigenvalue weighted by molar-refractivity contribution is -0.134. The fraction of sp³-hybridized carbons (Fsp3) is 0.812. The van der Waals surface area contributed by atoms with Gasteiger partial charge in [-0.05, 0) is 52.9 Å². The fourth-order valence-corrected chi connectivity index (χ4v) is 2.89. The number of hydrogen-bond acceptors (Lipinski definition) is 5. The monoisotopic (exact) mass is 345 g/mol. The van der Waals surface area contributed by atoms with Crippen LogP contribution in [0.4, 0.5) is 0 Å². The molecule has 2 rings (SSSR count). The molecule has 8 heteroatoms. The van der Waals surface area contributed by atoms with E-state index in [1.165, 1.54) is 25.9 Å². The molecule has 2 aliphatic rings. The zero-order chi connectivity index (χ0) is 18.4. The first-order valence-corrected chi connectivity index (χ1v) is 8.36. The predicted octanol–water partition coefficient (Wildman–Crippen LogP) is 0.427. The van der Waals surface area contributed by atoms with Crippen molar-refractivity contribution >= 4 is 18.9 Å². The highest BCUT2D eigenvalue weighted by Gasteiger charge is 2.23. The van der Waals surface area contributed by atoms with Crippen LogP contribution < -0.4 is 0 Å². The molecule has 0 saturated carbocycles. The SMILES string of the molecule is CC1CN(C(=O)CCCN2CCCC2)CCN1C.O=CO.O=CO. The molecule has 1 amide bonds. The summed E-state index contributed by atoms with van der Waals surface area (Å²) >= 11 is 0. The van der Waals surface area contributed by atoms with Crippen molar-refractivity contribution in [1.29, 1.82) is 0 Å². The minimum absolute atomic E-state index is 0.250. The molecular weight excluding hydrogens is 314 g/mol. The van der Waals surface area contributed by atoms with Gasteiger partial charge in [0.05, 0.1) is 0 Å². The lowest BCUT2D eigenvalue weighted by Gasteiger charge is -2.37. The normalized spacial score (nSPS) is 21.1. The Balaban J connectivity index is 0.000000772. The Kier molecular flexibility index (Phi) is 12.8. The van der Waals surface area contributed by atoms with Crippen LogP contribution in [0.5, 0.6) is 0 Å². The van der Waals surface area contributed by atoms with Crippen LogP contribution in [0.25, 0.3) is 0 Å². The molecule has 0 aromatic rings. The Labute approximate surface area is 144 Å². The van der Waals surface area contributed by atoms with Gasteiger partial charge < -0.3 is 24.9 Å². The minimum Gasteiger partial charge on any atom is -0.483 e. The molecule has 0 aliphatic carbocycles. The van der Waals surface area contributed by atoms with Gasteiger partial charge in [-0.3, -0.25) is 14.4 Å². The van der Waals surface area contributed by atoms with Crippen LogP contribution >= 0.6 is 0 Å². The maximum atomic E-state index is 12.1. The molecule has 1 atom stereocenters. The summed E-state index contributed by atoms with van der Waals surface area (Å²) < 4.78 is 0. The van der Waals surface area contributed by atoms with E-state index in [4.69, 9.17) is 19.8 Å². The highest BCUT2D eigenvalue weighted by molar-refractivity contribution is 5.76. The first-order valence-electron chi connectivity index (χ1n) is 8.36. The second-order valence-corrected chi connectivity index (χ2v) is 6.03. The maximum Gasteiger partial charge on any atom is 0.290 e. The Bertz CT molecular complexity index is 356. The van der Waals surface area contributed by atoms with Crippen LogP contribution in [0.15, 0.2) is 0 Å². The number of rotatable bonds is 4. The van der Waals surface area contributed by atoms with E-state index in [-0.39, 0.29) is 12.9 Å². The highest BCUT2D eigenvalue weighted by Crippen LogP contribution is 2.11. The summed E-state index contributed by atoms with van der Waals surface area (Å²) in [5, 5.41) is 13.8. The van der Waals surface area contributed by atoms with Gasteiger partial charge in [0.25, 0.3) is 12.9 Å². The van der Waals surface area contributed by atoms with E-state index in [2.05, 4.69) is 28.7 Å². The minimum atomic E-state index is -0.250. The summed E-state index contributed by atoms with van der Waals surface area (Å²) in [6, 6.07) is 0.501. The second-order valence-electron chi connectivity index (χ2n) is 6.03. The number of likely N-dealkylation sites (N-methyl/N-ethyl adjacent to an activating group) is 1. The third-order valence-corrected chi connectivity index (χ3v) is 4.38.